The lowest BCUT2D eigenvalue weighted by Crippen LogP contribution is -2.03. The lowest BCUT2D eigenvalue weighted by atomic mass is 10.2. The Morgan fingerprint density at radius 2 is 1.63 bits per heavy atom. The highest BCUT2D eigenvalue weighted by Gasteiger charge is 2.08. The van der Waals surface area contributed by atoms with Crippen LogP contribution in [0.1, 0.15) is 16.1 Å². The van der Waals surface area contributed by atoms with Crippen molar-refractivity contribution in [2.75, 3.05) is 17.7 Å². The lowest BCUT2D eigenvalue weighted by molar-refractivity contribution is 0.0601. The number of benzene rings is 2. The topological polar surface area (TPSA) is 76.1 Å². The summed E-state index contributed by atoms with van der Waals surface area (Å²) in [6.45, 7) is 1.78. The van der Waals surface area contributed by atoms with Gasteiger partial charge in [-0.3, -0.25) is 0 Å². The summed E-state index contributed by atoms with van der Waals surface area (Å²) in [6, 6.07) is 11.9. The van der Waals surface area contributed by atoms with Crippen LogP contribution in [0.2, 0.25) is 0 Å². The molecule has 0 amide bonds. The Hall–Kier alpha value is -3.55. The maximum absolute atomic E-state index is 13.3. The van der Waals surface area contributed by atoms with Crippen molar-refractivity contribution >= 4 is 29.1 Å². The smallest absolute Gasteiger partial charge is 0.337 e. The Kier molecular flexibility index (Phi) is 5.25. The fourth-order valence-corrected chi connectivity index (χ4v) is 2.35. The third-order valence-electron chi connectivity index (χ3n) is 3.61. The number of ether oxygens (including phenoxy) is 1. The molecule has 0 fully saturated rings. The predicted octanol–water partition coefficient (Wildman–Crippen LogP) is 4.34. The summed E-state index contributed by atoms with van der Waals surface area (Å²) < 4.78 is 31.0. The highest BCUT2D eigenvalue weighted by atomic mass is 19.2. The number of esters is 1. The van der Waals surface area contributed by atoms with Crippen LogP contribution >= 0.6 is 0 Å². The number of rotatable bonds is 5. The van der Waals surface area contributed by atoms with Crippen molar-refractivity contribution in [3.05, 3.63) is 71.4 Å². The zero-order chi connectivity index (χ0) is 19.4. The number of methoxy groups -OCH3 is 1. The largest absolute Gasteiger partial charge is 0.465 e. The Morgan fingerprint density at radius 3 is 2.30 bits per heavy atom. The standard InChI is InChI=1S/C19H16F2N4O2/c1-11-9-17(23-13-5-3-12(4-6-13)18(26)27-2)25-19(22-11)24-14-7-8-15(20)16(21)10-14/h3-10H,1-2H3,(H2,22,23,24,25). The summed E-state index contributed by atoms with van der Waals surface area (Å²) in [5.74, 6) is -1.58. The maximum Gasteiger partial charge on any atom is 0.337 e. The molecule has 0 aliphatic carbocycles. The van der Waals surface area contributed by atoms with Gasteiger partial charge in [0.2, 0.25) is 5.95 Å². The summed E-state index contributed by atoms with van der Waals surface area (Å²) in [5.41, 5.74) is 2.14. The van der Waals surface area contributed by atoms with Gasteiger partial charge in [0.15, 0.2) is 11.6 Å². The first-order valence-electron chi connectivity index (χ1n) is 7.98. The molecule has 2 aromatic carbocycles. The van der Waals surface area contributed by atoms with E-state index in [-0.39, 0.29) is 5.95 Å². The maximum atomic E-state index is 13.3. The lowest BCUT2D eigenvalue weighted by Gasteiger charge is -2.10. The van der Waals surface area contributed by atoms with Crippen LogP contribution in [0.15, 0.2) is 48.5 Å². The van der Waals surface area contributed by atoms with E-state index in [9.17, 15) is 13.6 Å². The summed E-state index contributed by atoms with van der Waals surface area (Å²) in [5, 5.41) is 5.94. The molecule has 2 N–H and O–H groups in total. The molecule has 0 bridgehead atoms. The van der Waals surface area contributed by atoms with Crippen molar-refractivity contribution in [2.45, 2.75) is 6.92 Å². The van der Waals surface area contributed by atoms with Gasteiger partial charge in [-0.1, -0.05) is 0 Å². The molecule has 0 saturated carbocycles. The molecule has 3 aromatic rings. The summed E-state index contributed by atoms with van der Waals surface area (Å²) in [4.78, 5) is 20.0. The van der Waals surface area contributed by atoms with Gasteiger partial charge < -0.3 is 15.4 Å². The Bertz CT molecular complexity index is 978. The van der Waals surface area contributed by atoms with Gasteiger partial charge in [0, 0.05) is 29.2 Å². The van der Waals surface area contributed by atoms with Crippen LogP contribution < -0.4 is 10.6 Å². The average Bonchev–Trinajstić information content (AvgIpc) is 2.64. The number of halogens is 2. The first-order valence-corrected chi connectivity index (χ1v) is 7.98. The van der Waals surface area contributed by atoms with Crippen molar-refractivity contribution in [3.63, 3.8) is 0 Å². The van der Waals surface area contributed by atoms with Crippen molar-refractivity contribution in [3.8, 4) is 0 Å². The van der Waals surface area contributed by atoms with Crippen LogP contribution in [0.25, 0.3) is 0 Å². The van der Waals surface area contributed by atoms with Crippen LogP contribution in [-0.4, -0.2) is 23.0 Å². The molecule has 3 rings (SSSR count). The highest BCUT2D eigenvalue weighted by Crippen LogP contribution is 2.21. The first-order chi connectivity index (χ1) is 12.9. The molecule has 0 unspecified atom stereocenters. The fourth-order valence-electron chi connectivity index (χ4n) is 2.35. The average molecular weight is 370 g/mol. The number of aromatic nitrogens is 2. The van der Waals surface area contributed by atoms with Gasteiger partial charge in [-0.25, -0.2) is 18.6 Å². The third-order valence-corrected chi connectivity index (χ3v) is 3.61. The summed E-state index contributed by atoms with van der Waals surface area (Å²) >= 11 is 0. The van der Waals surface area contributed by atoms with E-state index in [2.05, 4.69) is 25.3 Å². The molecule has 138 valence electrons. The van der Waals surface area contributed by atoms with E-state index in [0.717, 1.165) is 12.1 Å². The molecule has 0 aliphatic rings. The molecule has 1 aromatic heterocycles. The molecule has 0 spiro atoms. The van der Waals surface area contributed by atoms with Gasteiger partial charge in [-0.05, 0) is 43.3 Å². The zero-order valence-electron chi connectivity index (χ0n) is 14.6. The molecule has 0 saturated heterocycles. The third kappa shape index (κ3) is 4.55. The van der Waals surface area contributed by atoms with Gasteiger partial charge >= 0.3 is 5.97 Å². The van der Waals surface area contributed by atoms with E-state index >= 15 is 0 Å². The number of carbonyl (C=O) groups excluding carboxylic acids is 1. The van der Waals surface area contributed by atoms with Crippen molar-refractivity contribution < 1.29 is 18.3 Å². The molecular formula is C19H16F2N4O2. The van der Waals surface area contributed by atoms with Crippen LogP contribution in [0.3, 0.4) is 0 Å². The number of nitrogens with one attached hydrogen (secondary N) is 2. The van der Waals surface area contributed by atoms with E-state index in [0.29, 0.717) is 28.5 Å². The van der Waals surface area contributed by atoms with Crippen LogP contribution in [0, 0.1) is 18.6 Å². The number of nitrogens with zero attached hydrogens (tertiary/aromatic N) is 2. The summed E-state index contributed by atoms with van der Waals surface area (Å²) in [7, 11) is 1.32. The zero-order valence-corrected chi connectivity index (χ0v) is 14.6. The fraction of sp³-hybridized carbons (Fsp3) is 0.105. The normalized spacial score (nSPS) is 10.4. The first kappa shape index (κ1) is 18.2. The van der Waals surface area contributed by atoms with E-state index in [1.807, 2.05) is 0 Å². The number of hydrogen-bond donors (Lipinski definition) is 2. The molecule has 0 radical (unpaired) electrons. The van der Waals surface area contributed by atoms with Crippen molar-refractivity contribution in [1.82, 2.24) is 9.97 Å². The van der Waals surface area contributed by atoms with Gasteiger partial charge in [0.05, 0.1) is 12.7 Å². The van der Waals surface area contributed by atoms with Crippen LogP contribution in [0.4, 0.5) is 31.9 Å². The number of carbonyl (C=O) groups is 1. The predicted molar refractivity (Wildman–Crippen MR) is 97.5 cm³/mol. The Balaban J connectivity index is 1.78. The number of anilines is 4. The second-order valence-electron chi connectivity index (χ2n) is 5.67. The molecule has 8 heteroatoms. The highest BCUT2D eigenvalue weighted by molar-refractivity contribution is 5.89. The quantitative estimate of drug-likeness (QED) is 0.651. The Morgan fingerprint density at radius 1 is 0.926 bits per heavy atom. The van der Waals surface area contributed by atoms with Gasteiger partial charge in [-0.2, -0.15) is 4.98 Å². The van der Waals surface area contributed by atoms with E-state index in [1.54, 1.807) is 37.3 Å². The summed E-state index contributed by atoms with van der Waals surface area (Å²) in [6.07, 6.45) is 0. The van der Waals surface area contributed by atoms with Crippen LogP contribution in [0.5, 0.6) is 0 Å². The molecule has 1 heterocycles. The second-order valence-corrected chi connectivity index (χ2v) is 5.67. The van der Waals surface area contributed by atoms with Gasteiger partial charge in [-0.15, -0.1) is 0 Å². The Labute approximate surface area is 154 Å². The van der Waals surface area contributed by atoms with E-state index in [4.69, 9.17) is 0 Å². The van der Waals surface area contributed by atoms with Crippen molar-refractivity contribution in [1.29, 1.82) is 0 Å². The van der Waals surface area contributed by atoms with Gasteiger partial charge in [0.25, 0.3) is 0 Å². The molecule has 27 heavy (non-hydrogen) atoms. The minimum atomic E-state index is -0.961. The second kappa shape index (κ2) is 7.77. The molecule has 0 aliphatic heterocycles. The monoisotopic (exact) mass is 370 g/mol. The number of aryl methyl sites for hydroxylation is 1. The minimum Gasteiger partial charge on any atom is -0.465 e. The molecular weight excluding hydrogens is 354 g/mol. The van der Waals surface area contributed by atoms with E-state index < -0.39 is 17.6 Å². The van der Waals surface area contributed by atoms with Crippen molar-refractivity contribution in [2.24, 2.45) is 0 Å². The van der Waals surface area contributed by atoms with Gasteiger partial charge in [0.1, 0.15) is 5.82 Å². The number of hydrogen-bond acceptors (Lipinski definition) is 6. The SMILES string of the molecule is COC(=O)c1ccc(Nc2cc(C)nc(Nc3ccc(F)c(F)c3)n2)cc1. The molecule has 6 nitrogen and oxygen atoms in total. The van der Waals surface area contributed by atoms with Crippen LogP contribution in [-0.2, 0) is 4.74 Å². The minimum absolute atomic E-state index is 0.231. The molecule has 0 atom stereocenters. The van der Waals surface area contributed by atoms with E-state index in [1.165, 1.54) is 13.2 Å².